The number of carbonyl (C=O) groups is 1. The summed E-state index contributed by atoms with van der Waals surface area (Å²) in [5.74, 6) is 0.650. The van der Waals surface area contributed by atoms with E-state index in [0.717, 1.165) is 5.56 Å². The minimum atomic E-state index is -0.451. The third-order valence-corrected chi connectivity index (χ3v) is 4.97. The molecule has 0 bridgehead atoms. The molecule has 0 aliphatic carbocycles. The van der Waals surface area contributed by atoms with Crippen LogP contribution in [0.2, 0.25) is 0 Å². The standard InChI is InChI=1S/C21H26N2O2/c1-16(25-15-17-8-4-2-5-9-17)21(24)23-13-19(12-22)20(14-23)18-10-6-3-7-11-18/h2-11,16,19-20H,12-15,22H2,1H3/t16?,19-,20+/m1/s1. The highest BCUT2D eigenvalue weighted by Crippen LogP contribution is 2.32. The molecular formula is C21H26N2O2. The number of nitrogens with zero attached hydrogens (tertiary/aromatic N) is 1. The molecule has 4 nitrogen and oxygen atoms in total. The van der Waals surface area contributed by atoms with Crippen LogP contribution >= 0.6 is 0 Å². The fourth-order valence-corrected chi connectivity index (χ4v) is 3.49. The number of ether oxygens (including phenoxy) is 1. The lowest BCUT2D eigenvalue weighted by Crippen LogP contribution is -2.38. The summed E-state index contributed by atoms with van der Waals surface area (Å²) in [6.07, 6.45) is -0.451. The van der Waals surface area contributed by atoms with Crippen molar-refractivity contribution in [3.8, 4) is 0 Å². The van der Waals surface area contributed by atoms with Gasteiger partial charge in [0.2, 0.25) is 0 Å². The summed E-state index contributed by atoms with van der Waals surface area (Å²) in [5.41, 5.74) is 8.30. The second kappa shape index (κ2) is 8.28. The monoisotopic (exact) mass is 338 g/mol. The molecule has 25 heavy (non-hydrogen) atoms. The van der Waals surface area contributed by atoms with Gasteiger partial charge in [-0.3, -0.25) is 4.79 Å². The van der Waals surface area contributed by atoms with Crippen LogP contribution in [-0.2, 0) is 16.1 Å². The third-order valence-electron chi connectivity index (χ3n) is 4.97. The van der Waals surface area contributed by atoms with Crippen LogP contribution < -0.4 is 5.73 Å². The largest absolute Gasteiger partial charge is 0.364 e. The van der Waals surface area contributed by atoms with Crippen LogP contribution in [0.5, 0.6) is 0 Å². The Morgan fingerprint density at radius 1 is 1.12 bits per heavy atom. The Morgan fingerprint density at radius 2 is 1.76 bits per heavy atom. The molecule has 2 aromatic rings. The van der Waals surface area contributed by atoms with Crippen molar-refractivity contribution in [3.05, 3.63) is 71.8 Å². The lowest BCUT2D eigenvalue weighted by Gasteiger charge is -2.21. The molecule has 4 heteroatoms. The van der Waals surface area contributed by atoms with Crippen LogP contribution in [0.15, 0.2) is 60.7 Å². The Balaban J connectivity index is 1.60. The number of benzene rings is 2. The van der Waals surface area contributed by atoms with E-state index in [4.69, 9.17) is 10.5 Å². The number of nitrogens with two attached hydrogens (primary N) is 1. The summed E-state index contributed by atoms with van der Waals surface area (Å²) in [6, 6.07) is 20.3. The van der Waals surface area contributed by atoms with Crippen molar-refractivity contribution in [1.82, 2.24) is 4.90 Å². The van der Waals surface area contributed by atoms with Gasteiger partial charge in [-0.15, -0.1) is 0 Å². The molecule has 1 aliphatic heterocycles. The van der Waals surface area contributed by atoms with Crippen LogP contribution in [-0.4, -0.2) is 36.5 Å². The van der Waals surface area contributed by atoms with Gasteiger partial charge in [0.25, 0.3) is 5.91 Å². The highest BCUT2D eigenvalue weighted by Gasteiger charge is 2.36. The number of rotatable bonds is 6. The number of likely N-dealkylation sites (tertiary alicyclic amines) is 1. The summed E-state index contributed by atoms with van der Waals surface area (Å²) in [7, 11) is 0. The first-order chi connectivity index (χ1) is 12.2. The fourth-order valence-electron chi connectivity index (χ4n) is 3.49. The van der Waals surface area contributed by atoms with E-state index in [1.165, 1.54) is 5.56 Å². The predicted molar refractivity (Wildman–Crippen MR) is 99.0 cm³/mol. The quantitative estimate of drug-likeness (QED) is 0.881. The average molecular weight is 338 g/mol. The van der Waals surface area contributed by atoms with Gasteiger partial charge in [-0.1, -0.05) is 60.7 Å². The average Bonchev–Trinajstić information content (AvgIpc) is 3.11. The topological polar surface area (TPSA) is 55.6 Å². The minimum Gasteiger partial charge on any atom is -0.364 e. The Hall–Kier alpha value is -2.17. The van der Waals surface area contributed by atoms with Crippen molar-refractivity contribution in [2.24, 2.45) is 11.7 Å². The highest BCUT2D eigenvalue weighted by molar-refractivity contribution is 5.81. The van der Waals surface area contributed by atoms with Gasteiger partial charge in [-0.2, -0.15) is 0 Å². The Morgan fingerprint density at radius 3 is 2.40 bits per heavy atom. The maximum Gasteiger partial charge on any atom is 0.251 e. The Bertz CT molecular complexity index is 675. The molecule has 1 saturated heterocycles. The zero-order valence-corrected chi connectivity index (χ0v) is 14.7. The van der Waals surface area contributed by atoms with Crippen molar-refractivity contribution < 1.29 is 9.53 Å². The van der Waals surface area contributed by atoms with Gasteiger partial charge >= 0.3 is 0 Å². The van der Waals surface area contributed by atoms with E-state index >= 15 is 0 Å². The van der Waals surface area contributed by atoms with E-state index in [1.807, 2.05) is 60.4 Å². The van der Waals surface area contributed by atoms with Crippen molar-refractivity contribution in [2.45, 2.75) is 25.6 Å². The second-order valence-electron chi connectivity index (χ2n) is 6.70. The van der Waals surface area contributed by atoms with E-state index in [2.05, 4.69) is 12.1 Å². The molecule has 1 unspecified atom stereocenters. The molecule has 1 fully saturated rings. The van der Waals surface area contributed by atoms with E-state index in [9.17, 15) is 4.79 Å². The zero-order chi connectivity index (χ0) is 17.6. The lowest BCUT2D eigenvalue weighted by atomic mass is 9.89. The van der Waals surface area contributed by atoms with Gasteiger partial charge in [0.1, 0.15) is 6.10 Å². The molecule has 0 aromatic heterocycles. The smallest absolute Gasteiger partial charge is 0.251 e. The lowest BCUT2D eigenvalue weighted by molar-refractivity contribution is -0.142. The van der Waals surface area contributed by atoms with Gasteiger partial charge < -0.3 is 15.4 Å². The molecule has 1 aliphatic rings. The van der Waals surface area contributed by atoms with Gasteiger partial charge in [0.05, 0.1) is 6.61 Å². The number of amides is 1. The third kappa shape index (κ3) is 4.27. The molecule has 0 saturated carbocycles. The molecular weight excluding hydrogens is 312 g/mol. The van der Waals surface area contributed by atoms with Crippen LogP contribution in [0.25, 0.3) is 0 Å². The van der Waals surface area contributed by atoms with Gasteiger partial charge in [-0.05, 0) is 30.5 Å². The zero-order valence-electron chi connectivity index (χ0n) is 14.7. The van der Waals surface area contributed by atoms with Crippen LogP contribution in [0.1, 0.15) is 24.0 Å². The van der Waals surface area contributed by atoms with Crippen molar-refractivity contribution >= 4 is 5.91 Å². The first-order valence-corrected chi connectivity index (χ1v) is 8.88. The van der Waals surface area contributed by atoms with Gasteiger partial charge in [0, 0.05) is 19.0 Å². The normalized spacial score (nSPS) is 21.3. The number of hydrogen-bond acceptors (Lipinski definition) is 3. The SMILES string of the molecule is CC(OCc1ccccc1)C(=O)N1C[C@@H](CN)[C@H](c2ccccc2)C1. The van der Waals surface area contributed by atoms with Crippen molar-refractivity contribution in [3.63, 3.8) is 0 Å². The summed E-state index contributed by atoms with van der Waals surface area (Å²) in [5, 5.41) is 0. The first-order valence-electron chi connectivity index (χ1n) is 8.88. The molecule has 1 heterocycles. The molecule has 3 atom stereocenters. The van der Waals surface area contributed by atoms with Crippen molar-refractivity contribution in [2.75, 3.05) is 19.6 Å². The highest BCUT2D eigenvalue weighted by atomic mass is 16.5. The maximum atomic E-state index is 12.8. The second-order valence-corrected chi connectivity index (χ2v) is 6.70. The van der Waals surface area contributed by atoms with Gasteiger partial charge in [0.15, 0.2) is 0 Å². The van der Waals surface area contributed by atoms with E-state index < -0.39 is 6.10 Å². The Kier molecular flexibility index (Phi) is 5.84. The summed E-state index contributed by atoms with van der Waals surface area (Å²) >= 11 is 0. The summed E-state index contributed by atoms with van der Waals surface area (Å²) < 4.78 is 5.79. The molecule has 132 valence electrons. The first kappa shape index (κ1) is 17.6. The maximum absolute atomic E-state index is 12.8. The molecule has 2 N–H and O–H groups in total. The summed E-state index contributed by atoms with van der Waals surface area (Å²) in [4.78, 5) is 14.7. The van der Waals surface area contributed by atoms with Crippen LogP contribution in [0.4, 0.5) is 0 Å². The van der Waals surface area contributed by atoms with Crippen molar-refractivity contribution in [1.29, 1.82) is 0 Å². The minimum absolute atomic E-state index is 0.0489. The van der Waals surface area contributed by atoms with Crippen LogP contribution in [0.3, 0.4) is 0 Å². The Labute approximate surface area is 149 Å². The summed E-state index contributed by atoms with van der Waals surface area (Å²) in [6.45, 7) is 4.28. The predicted octanol–water partition coefficient (Wildman–Crippen LogP) is 2.79. The molecule has 0 radical (unpaired) electrons. The molecule has 1 amide bonds. The van der Waals surface area contributed by atoms with E-state index in [1.54, 1.807) is 0 Å². The fraction of sp³-hybridized carbons (Fsp3) is 0.381. The molecule has 0 spiro atoms. The number of hydrogen-bond donors (Lipinski definition) is 1. The van der Waals surface area contributed by atoms with Crippen LogP contribution in [0, 0.1) is 5.92 Å². The molecule has 3 rings (SSSR count). The molecule has 2 aromatic carbocycles. The van der Waals surface area contributed by atoms with E-state index in [-0.39, 0.29) is 5.91 Å². The van der Waals surface area contributed by atoms with E-state index in [0.29, 0.717) is 38.1 Å². The number of carbonyl (C=O) groups excluding carboxylic acids is 1. The van der Waals surface area contributed by atoms with Gasteiger partial charge in [-0.25, -0.2) is 0 Å².